The Bertz CT molecular complexity index is 1520. The number of thiazole rings is 1. The SMILES string of the molecule is CCCc1nc(-c2ccc(Cn3c(CC)nc4c(C)cc(C)nc43)cc2)c(S(=O)(=O)NC(=O)OC)s1. The Morgan fingerprint density at radius 1 is 1.11 bits per heavy atom. The lowest BCUT2D eigenvalue weighted by atomic mass is 10.1. The molecule has 0 bridgehead atoms. The number of carbonyl (C=O) groups excluding carboxylic acids is 1. The fraction of sp³-hybridized carbons (Fsp3) is 0.360. The molecule has 190 valence electrons. The molecule has 4 aromatic rings. The third kappa shape index (κ3) is 5.12. The number of amides is 1. The Morgan fingerprint density at radius 3 is 2.47 bits per heavy atom. The van der Waals surface area contributed by atoms with Gasteiger partial charge >= 0.3 is 6.09 Å². The van der Waals surface area contributed by atoms with Crippen LogP contribution >= 0.6 is 11.3 Å². The highest BCUT2D eigenvalue weighted by Crippen LogP contribution is 2.33. The van der Waals surface area contributed by atoms with Gasteiger partial charge in [0.05, 0.1) is 18.7 Å². The molecule has 0 aliphatic heterocycles. The van der Waals surface area contributed by atoms with Crippen LogP contribution in [0.1, 0.15) is 47.9 Å². The molecule has 0 saturated carbocycles. The predicted molar refractivity (Wildman–Crippen MR) is 140 cm³/mol. The van der Waals surface area contributed by atoms with Gasteiger partial charge in [-0.3, -0.25) is 0 Å². The van der Waals surface area contributed by atoms with Crippen LogP contribution in [0.15, 0.2) is 34.5 Å². The Morgan fingerprint density at radius 2 is 1.83 bits per heavy atom. The first-order valence-corrected chi connectivity index (χ1v) is 14.0. The van der Waals surface area contributed by atoms with Crippen molar-refractivity contribution in [1.82, 2.24) is 24.2 Å². The van der Waals surface area contributed by atoms with Crippen molar-refractivity contribution in [1.29, 1.82) is 0 Å². The molecule has 4 rings (SSSR count). The summed E-state index contributed by atoms with van der Waals surface area (Å²) in [5, 5.41) is 0.691. The van der Waals surface area contributed by atoms with Crippen molar-refractivity contribution in [2.24, 2.45) is 0 Å². The summed E-state index contributed by atoms with van der Waals surface area (Å²) in [6, 6.07) is 9.64. The van der Waals surface area contributed by atoms with Gasteiger partial charge in [-0.15, -0.1) is 11.3 Å². The van der Waals surface area contributed by atoms with Crippen LogP contribution in [0.5, 0.6) is 0 Å². The van der Waals surface area contributed by atoms with Crippen LogP contribution in [0, 0.1) is 13.8 Å². The highest BCUT2D eigenvalue weighted by Gasteiger charge is 2.27. The van der Waals surface area contributed by atoms with E-state index in [2.05, 4.69) is 21.2 Å². The van der Waals surface area contributed by atoms with Gasteiger partial charge < -0.3 is 9.30 Å². The first-order chi connectivity index (χ1) is 17.2. The number of sulfonamides is 1. The standard InChI is InChI=1S/C25H29N5O4S2/c1-6-8-20-28-22(24(35-20)36(32,33)29-25(31)34-5)18-11-9-17(10-12-18)14-30-19(7-2)27-21-15(3)13-16(4)26-23(21)30/h9-13H,6-8,14H2,1-5H3,(H,29,31). The number of hydrogen-bond donors (Lipinski definition) is 1. The predicted octanol–water partition coefficient (Wildman–Crippen LogP) is 4.78. The van der Waals surface area contributed by atoms with Gasteiger partial charge in [-0.05, 0) is 43.9 Å². The fourth-order valence-electron chi connectivity index (χ4n) is 4.07. The summed E-state index contributed by atoms with van der Waals surface area (Å²) in [6.45, 7) is 8.68. The Labute approximate surface area is 214 Å². The van der Waals surface area contributed by atoms with E-state index in [9.17, 15) is 13.2 Å². The second-order valence-electron chi connectivity index (χ2n) is 8.51. The molecule has 0 aliphatic rings. The molecule has 0 atom stereocenters. The summed E-state index contributed by atoms with van der Waals surface area (Å²) in [7, 11) is -3.01. The number of hydrogen-bond acceptors (Lipinski definition) is 8. The highest BCUT2D eigenvalue weighted by atomic mass is 32.2. The van der Waals surface area contributed by atoms with Crippen LogP contribution in [0.25, 0.3) is 22.4 Å². The monoisotopic (exact) mass is 527 g/mol. The van der Waals surface area contributed by atoms with Crippen molar-refractivity contribution in [3.8, 4) is 11.3 Å². The molecule has 0 aliphatic carbocycles. The van der Waals surface area contributed by atoms with Crippen LogP contribution in [0.3, 0.4) is 0 Å². The van der Waals surface area contributed by atoms with Gasteiger partial charge in [0.1, 0.15) is 17.0 Å². The van der Waals surface area contributed by atoms with Gasteiger partial charge in [0.15, 0.2) is 9.86 Å². The lowest BCUT2D eigenvalue weighted by Crippen LogP contribution is -2.30. The maximum Gasteiger partial charge on any atom is 0.420 e. The molecule has 1 N–H and O–H groups in total. The van der Waals surface area contributed by atoms with Crippen LogP contribution in [0.2, 0.25) is 0 Å². The normalized spacial score (nSPS) is 11.7. The number of fused-ring (bicyclic) bond motifs is 1. The molecule has 3 heterocycles. The summed E-state index contributed by atoms with van der Waals surface area (Å²) >= 11 is 1.07. The lowest BCUT2D eigenvalue weighted by Gasteiger charge is -2.10. The summed E-state index contributed by atoms with van der Waals surface area (Å²) < 4.78 is 34.3. The van der Waals surface area contributed by atoms with Crippen molar-refractivity contribution in [3.05, 3.63) is 58.0 Å². The van der Waals surface area contributed by atoms with Crippen molar-refractivity contribution in [3.63, 3.8) is 0 Å². The zero-order chi connectivity index (χ0) is 26.0. The molecule has 1 aromatic carbocycles. The molecule has 3 aromatic heterocycles. The minimum absolute atomic E-state index is 0.00637. The van der Waals surface area contributed by atoms with Gasteiger partial charge in [0, 0.05) is 17.7 Å². The molecule has 36 heavy (non-hydrogen) atoms. The van der Waals surface area contributed by atoms with Gasteiger partial charge in [0.2, 0.25) is 0 Å². The molecule has 1 amide bonds. The third-order valence-corrected chi connectivity index (χ3v) is 8.67. The van der Waals surface area contributed by atoms with Crippen LogP contribution in [0.4, 0.5) is 4.79 Å². The average molecular weight is 528 g/mol. The quantitative estimate of drug-likeness (QED) is 0.350. The van der Waals surface area contributed by atoms with E-state index in [0.717, 1.165) is 65.1 Å². The number of aryl methyl sites for hydroxylation is 4. The van der Waals surface area contributed by atoms with Crippen LogP contribution < -0.4 is 4.72 Å². The highest BCUT2D eigenvalue weighted by molar-refractivity contribution is 7.92. The van der Waals surface area contributed by atoms with Gasteiger partial charge in [-0.25, -0.2) is 32.9 Å². The maximum absolute atomic E-state index is 12.9. The summed E-state index contributed by atoms with van der Waals surface area (Å²) in [6.07, 6.45) is 1.20. The number of pyridine rings is 1. The number of aromatic nitrogens is 4. The number of methoxy groups -OCH3 is 1. The fourth-order valence-corrected chi connectivity index (χ4v) is 6.65. The molecular formula is C25H29N5O4S2. The third-order valence-electron chi connectivity index (χ3n) is 5.74. The number of rotatable bonds is 8. The Hall–Kier alpha value is -3.31. The van der Waals surface area contributed by atoms with Crippen LogP contribution in [-0.2, 0) is 34.1 Å². The van der Waals surface area contributed by atoms with Gasteiger partial charge in [-0.1, -0.05) is 38.1 Å². The number of nitrogens with one attached hydrogen (secondary N) is 1. The van der Waals surface area contributed by atoms with E-state index >= 15 is 0 Å². The second-order valence-corrected chi connectivity index (χ2v) is 11.5. The Balaban J connectivity index is 1.70. The van der Waals surface area contributed by atoms with Crippen molar-refractivity contribution in [2.45, 2.75) is 57.7 Å². The van der Waals surface area contributed by atoms with E-state index in [1.807, 2.05) is 55.8 Å². The molecule has 0 saturated heterocycles. The minimum Gasteiger partial charge on any atom is -0.452 e. The first-order valence-electron chi connectivity index (χ1n) is 11.7. The molecule has 9 nitrogen and oxygen atoms in total. The number of carbonyl (C=O) groups is 1. The molecule has 0 spiro atoms. The first kappa shape index (κ1) is 25.8. The number of ether oxygens (including phenoxy) is 1. The van der Waals surface area contributed by atoms with E-state index in [0.29, 0.717) is 29.2 Å². The van der Waals surface area contributed by atoms with Crippen molar-refractivity contribution < 1.29 is 17.9 Å². The topological polar surface area (TPSA) is 116 Å². The largest absolute Gasteiger partial charge is 0.452 e. The van der Waals surface area contributed by atoms with E-state index in [-0.39, 0.29) is 4.21 Å². The van der Waals surface area contributed by atoms with Gasteiger partial charge in [0.25, 0.3) is 10.0 Å². The zero-order valence-electron chi connectivity index (χ0n) is 21.0. The van der Waals surface area contributed by atoms with E-state index < -0.39 is 16.1 Å². The molecule has 0 radical (unpaired) electrons. The summed E-state index contributed by atoms with van der Waals surface area (Å²) in [5.74, 6) is 0.959. The van der Waals surface area contributed by atoms with Crippen LogP contribution in [-0.4, -0.2) is 41.1 Å². The summed E-state index contributed by atoms with van der Waals surface area (Å²) in [4.78, 5) is 25.7. The Kier molecular flexibility index (Phi) is 7.41. The lowest BCUT2D eigenvalue weighted by molar-refractivity contribution is 0.177. The van der Waals surface area contributed by atoms with Crippen molar-refractivity contribution in [2.75, 3.05) is 7.11 Å². The second kappa shape index (κ2) is 10.4. The molecule has 0 unspecified atom stereocenters. The molecule has 11 heteroatoms. The summed E-state index contributed by atoms with van der Waals surface area (Å²) in [5.41, 5.74) is 5.81. The number of benzene rings is 1. The maximum atomic E-state index is 12.9. The smallest absolute Gasteiger partial charge is 0.420 e. The van der Waals surface area contributed by atoms with Crippen molar-refractivity contribution >= 4 is 38.6 Å². The van der Waals surface area contributed by atoms with E-state index in [1.165, 1.54) is 0 Å². The molecular weight excluding hydrogens is 498 g/mol. The van der Waals surface area contributed by atoms with Gasteiger partial charge in [-0.2, -0.15) is 0 Å². The van der Waals surface area contributed by atoms with E-state index in [4.69, 9.17) is 9.97 Å². The minimum atomic E-state index is -4.13. The number of imidazole rings is 1. The number of nitrogens with zero attached hydrogens (tertiary/aromatic N) is 4. The molecule has 0 fully saturated rings. The average Bonchev–Trinajstić information content (AvgIpc) is 3.42. The van der Waals surface area contributed by atoms with E-state index in [1.54, 1.807) is 0 Å². The zero-order valence-corrected chi connectivity index (χ0v) is 22.6.